The number of halogens is 4. The van der Waals surface area contributed by atoms with E-state index in [1.807, 2.05) is 42.5 Å². The number of rotatable bonds is 12. The molecule has 0 aliphatic carbocycles. The summed E-state index contributed by atoms with van der Waals surface area (Å²) in [5.74, 6) is -1.81. The Bertz CT molecular complexity index is 1650. The molecule has 0 saturated heterocycles. The Morgan fingerprint density at radius 3 is 1.93 bits per heavy atom. The number of carboxylic acid groups (broad SMARTS) is 1. The van der Waals surface area contributed by atoms with E-state index in [9.17, 15) is 19.5 Å². The molecule has 0 bridgehead atoms. The Morgan fingerprint density at radius 1 is 0.773 bits per heavy atom. The van der Waals surface area contributed by atoms with Crippen LogP contribution in [0.25, 0.3) is 0 Å². The molecule has 4 aromatic carbocycles. The van der Waals surface area contributed by atoms with Gasteiger partial charge in [-0.15, -0.1) is 11.8 Å². The van der Waals surface area contributed by atoms with Crippen LogP contribution < -0.4 is 15.4 Å². The summed E-state index contributed by atoms with van der Waals surface area (Å²) in [6.45, 7) is 2.73. The van der Waals surface area contributed by atoms with Gasteiger partial charge in [-0.2, -0.15) is 0 Å². The van der Waals surface area contributed by atoms with Gasteiger partial charge in [-0.1, -0.05) is 90.1 Å². The third-order valence-electron chi connectivity index (χ3n) is 6.30. The predicted molar refractivity (Wildman–Crippen MR) is 178 cm³/mol. The van der Waals surface area contributed by atoms with Gasteiger partial charge < -0.3 is 20.5 Å². The van der Waals surface area contributed by atoms with Crippen LogP contribution in [0.15, 0.2) is 83.8 Å². The molecule has 0 aromatic heterocycles. The molecular formula is C32H26Cl4N2O5S. The topological polar surface area (TPSA) is 105 Å². The molecule has 0 saturated carbocycles. The molecule has 3 N–H and O–H groups in total. The summed E-state index contributed by atoms with van der Waals surface area (Å²) in [5.41, 5.74) is 0.805. The molecule has 228 valence electrons. The number of ether oxygens (including phenoxy) is 1. The maximum Gasteiger partial charge on any atom is 0.338 e. The smallest absolute Gasteiger partial charge is 0.338 e. The molecule has 0 radical (unpaired) electrons. The fourth-order valence-corrected chi connectivity index (χ4v) is 6.11. The third-order valence-corrected chi connectivity index (χ3v) is 9.37. The average Bonchev–Trinajstić information content (AvgIpc) is 3.02. The summed E-state index contributed by atoms with van der Waals surface area (Å²) in [6.07, 6.45) is 2.01. The molecule has 4 aromatic rings. The summed E-state index contributed by atoms with van der Waals surface area (Å²) in [6, 6.07) is 23.3. The lowest BCUT2D eigenvalue weighted by Gasteiger charge is -2.18. The number of nitrogens with one attached hydrogen (secondary N) is 2. The van der Waals surface area contributed by atoms with E-state index in [-0.39, 0.29) is 21.0 Å². The van der Waals surface area contributed by atoms with Gasteiger partial charge in [-0.3, -0.25) is 9.59 Å². The van der Waals surface area contributed by atoms with Crippen molar-refractivity contribution in [2.45, 2.75) is 29.9 Å². The Labute approximate surface area is 278 Å². The van der Waals surface area contributed by atoms with E-state index in [1.165, 1.54) is 11.8 Å². The number of carbonyl (C=O) groups excluding carboxylic acids is 2. The van der Waals surface area contributed by atoms with Gasteiger partial charge in [0.25, 0.3) is 5.91 Å². The van der Waals surface area contributed by atoms with Crippen LogP contribution >= 0.6 is 58.2 Å². The Balaban J connectivity index is 1.50. The summed E-state index contributed by atoms with van der Waals surface area (Å²) < 4.78 is 5.71. The normalized spacial score (nSPS) is 11.5. The monoisotopic (exact) mass is 690 g/mol. The molecule has 1 atom stereocenters. The molecule has 12 heteroatoms. The number of anilines is 2. The van der Waals surface area contributed by atoms with Crippen LogP contribution in [0, 0.1) is 0 Å². The molecule has 2 amide bonds. The standard InChI is InChI=1S/C32H26Cl4N2O5S/c1-2-3-17-43-21-13-9-19(10-14-21)38-31(40)29(18-7-5-4-6-8-18)44-22-15-11-20(12-16-22)37-30(39)23-24(32(41)42)26(34)28(36)27(35)25(23)33/h4-16,29H,2-3,17H2,1H3,(H,37,39)(H,38,40)(H,41,42). The fourth-order valence-electron chi connectivity index (χ4n) is 4.07. The molecule has 44 heavy (non-hydrogen) atoms. The fraction of sp³-hybridized carbons (Fsp3) is 0.156. The SMILES string of the molecule is CCCCOc1ccc(NC(=O)C(Sc2ccc(NC(=O)c3c(Cl)c(Cl)c(Cl)c(Cl)c3C(=O)O)cc2)c2ccccc2)cc1. The van der Waals surface area contributed by atoms with Gasteiger partial charge in [-0.05, 0) is 60.5 Å². The Hall–Kier alpha value is -3.40. The van der Waals surface area contributed by atoms with E-state index in [0.29, 0.717) is 18.0 Å². The van der Waals surface area contributed by atoms with Gasteiger partial charge in [0.05, 0.1) is 37.8 Å². The van der Waals surface area contributed by atoms with Gasteiger partial charge >= 0.3 is 5.97 Å². The number of amides is 2. The number of benzene rings is 4. The van der Waals surface area contributed by atoms with Crippen LogP contribution in [0.2, 0.25) is 20.1 Å². The number of hydrogen-bond donors (Lipinski definition) is 3. The molecule has 0 fully saturated rings. The highest BCUT2D eigenvalue weighted by atomic mass is 35.5. The van der Waals surface area contributed by atoms with E-state index in [4.69, 9.17) is 51.1 Å². The molecule has 7 nitrogen and oxygen atoms in total. The first-order valence-corrected chi connectivity index (χ1v) is 15.8. The molecule has 4 rings (SSSR count). The zero-order chi connectivity index (χ0) is 31.8. The van der Waals surface area contributed by atoms with E-state index in [0.717, 1.165) is 29.1 Å². The third kappa shape index (κ3) is 8.20. The highest BCUT2D eigenvalue weighted by Crippen LogP contribution is 2.42. The van der Waals surface area contributed by atoms with Crippen molar-refractivity contribution in [1.29, 1.82) is 0 Å². The Morgan fingerprint density at radius 2 is 1.34 bits per heavy atom. The number of thioether (sulfide) groups is 1. The van der Waals surface area contributed by atoms with Crippen LogP contribution in [-0.2, 0) is 4.79 Å². The minimum absolute atomic E-state index is 0.217. The average molecular weight is 692 g/mol. The van der Waals surface area contributed by atoms with Crippen LogP contribution in [0.3, 0.4) is 0 Å². The van der Waals surface area contributed by atoms with Crippen molar-refractivity contribution in [1.82, 2.24) is 0 Å². The molecular weight excluding hydrogens is 666 g/mol. The summed E-state index contributed by atoms with van der Waals surface area (Å²) in [7, 11) is 0. The van der Waals surface area contributed by atoms with E-state index < -0.39 is 33.3 Å². The maximum atomic E-state index is 13.5. The summed E-state index contributed by atoms with van der Waals surface area (Å²) >= 11 is 25.7. The van der Waals surface area contributed by atoms with Crippen molar-refractivity contribution in [3.8, 4) is 5.75 Å². The van der Waals surface area contributed by atoms with Gasteiger partial charge in [0.15, 0.2) is 0 Å². The van der Waals surface area contributed by atoms with E-state index in [2.05, 4.69) is 17.6 Å². The molecule has 0 aliphatic rings. The van der Waals surface area contributed by atoms with Crippen molar-refractivity contribution < 1.29 is 24.2 Å². The van der Waals surface area contributed by atoms with Crippen LogP contribution in [0.4, 0.5) is 11.4 Å². The molecule has 1 unspecified atom stereocenters. The largest absolute Gasteiger partial charge is 0.494 e. The lowest BCUT2D eigenvalue weighted by atomic mass is 10.1. The second-order valence-electron chi connectivity index (χ2n) is 9.41. The highest BCUT2D eigenvalue weighted by Gasteiger charge is 2.29. The minimum atomic E-state index is -1.49. The van der Waals surface area contributed by atoms with Crippen molar-refractivity contribution >= 4 is 87.3 Å². The molecule has 0 heterocycles. The zero-order valence-electron chi connectivity index (χ0n) is 23.2. The zero-order valence-corrected chi connectivity index (χ0v) is 27.0. The number of unbranched alkanes of at least 4 members (excludes halogenated alkanes) is 1. The van der Waals surface area contributed by atoms with Crippen LogP contribution in [0.5, 0.6) is 5.75 Å². The lowest BCUT2D eigenvalue weighted by Crippen LogP contribution is -2.19. The van der Waals surface area contributed by atoms with Gasteiger partial charge in [0.1, 0.15) is 11.0 Å². The van der Waals surface area contributed by atoms with Crippen molar-refractivity contribution in [3.05, 3.63) is 116 Å². The van der Waals surface area contributed by atoms with Crippen LogP contribution in [-0.4, -0.2) is 29.5 Å². The first-order valence-electron chi connectivity index (χ1n) is 13.4. The van der Waals surface area contributed by atoms with Gasteiger partial charge in [-0.25, -0.2) is 4.79 Å². The highest BCUT2D eigenvalue weighted by molar-refractivity contribution is 8.00. The summed E-state index contributed by atoms with van der Waals surface area (Å²) in [4.78, 5) is 39.1. The summed E-state index contributed by atoms with van der Waals surface area (Å²) in [5, 5.41) is 13.4. The molecule has 0 aliphatic heterocycles. The predicted octanol–water partition coefficient (Wildman–Crippen LogP) is 9.90. The van der Waals surface area contributed by atoms with Crippen molar-refractivity contribution in [2.24, 2.45) is 0 Å². The Kier molecular flexibility index (Phi) is 11.8. The van der Waals surface area contributed by atoms with E-state index >= 15 is 0 Å². The van der Waals surface area contributed by atoms with Crippen molar-refractivity contribution in [2.75, 3.05) is 17.2 Å². The van der Waals surface area contributed by atoms with E-state index in [1.54, 1.807) is 36.4 Å². The number of carbonyl (C=O) groups is 3. The second-order valence-corrected chi connectivity index (χ2v) is 12.1. The quantitative estimate of drug-likeness (QED) is 0.0591. The minimum Gasteiger partial charge on any atom is -0.494 e. The number of carboxylic acids is 1. The second kappa shape index (κ2) is 15.5. The van der Waals surface area contributed by atoms with Crippen molar-refractivity contribution in [3.63, 3.8) is 0 Å². The maximum absolute atomic E-state index is 13.5. The number of aromatic carboxylic acids is 1. The lowest BCUT2D eigenvalue weighted by molar-refractivity contribution is -0.115. The van der Waals surface area contributed by atoms with Crippen LogP contribution in [0.1, 0.15) is 51.3 Å². The first-order chi connectivity index (χ1) is 21.1. The number of hydrogen-bond acceptors (Lipinski definition) is 5. The molecule has 0 spiro atoms. The van der Waals surface area contributed by atoms with Gasteiger partial charge in [0.2, 0.25) is 5.91 Å². The van der Waals surface area contributed by atoms with Gasteiger partial charge in [0, 0.05) is 16.3 Å². The first kappa shape index (κ1) is 33.5.